The first-order valence-corrected chi connectivity index (χ1v) is 11.1. The highest BCUT2D eigenvalue weighted by Crippen LogP contribution is 2.39. The van der Waals surface area contributed by atoms with Crippen molar-refractivity contribution >= 4 is 44.3 Å². The molecule has 0 saturated carbocycles. The molecule has 0 unspecified atom stereocenters. The van der Waals surface area contributed by atoms with E-state index in [1.54, 1.807) is 12.1 Å². The molecule has 0 spiro atoms. The summed E-state index contributed by atoms with van der Waals surface area (Å²) in [7, 11) is -3.04. The van der Waals surface area contributed by atoms with Crippen LogP contribution in [0.1, 0.15) is 26.3 Å². The standard InChI is InChI=1S/C17H21ClN2O3S2/c1-17(2,3)15(21)19-16-20(8-11-4-6-12(18)7-5-11)13-9-25(22,23)10-14(13)24-16/h4-7,13-14H,8-10H2,1-3H3/t13-,14-/m1/s1. The van der Waals surface area contributed by atoms with Crippen molar-refractivity contribution in [2.75, 3.05) is 11.5 Å². The molecule has 8 heteroatoms. The molecule has 1 amide bonds. The molecule has 0 radical (unpaired) electrons. The van der Waals surface area contributed by atoms with Crippen molar-refractivity contribution in [1.82, 2.24) is 4.90 Å². The maximum absolute atomic E-state index is 12.3. The number of carbonyl (C=O) groups is 1. The third-order valence-corrected chi connectivity index (χ3v) is 7.78. The Morgan fingerprint density at radius 1 is 1.28 bits per heavy atom. The van der Waals surface area contributed by atoms with E-state index in [9.17, 15) is 13.2 Å². The van der Waals surface area contributed by atoms with Gasteiger partial charge in [-0.3, -0.25) is 4.79 Å². The number of hydrogen-bond donors (Lipinski definition) is 0. The Morgan fingerprint density at radius 2 is 1.92 bits per heavy atom. The maximum Gasteiger partial charge on any atom is 0.253 e. The van der Waals surface area contributed by atoms with E-state index in [1.165, 1.54) is 11.8 Å². The number of nitrogens with zero attached hydrogens (tertiary/aromatic N) is 2. The Bertz CT molecular complexity index is 813. The third-order valence-electron chi connectivity index (χ3n) is 4.28. The first-order chi connectivity index (χ1) is 11.5. The van der Waals surface area contributed by atoms with Gasteiger partial charge in [0, 0.05) is 22.2 Å². The van der Waals surface area contributed by atoms with Crippen LogP contribution in [0, 0.1) is 5.41 Å². The second-order valence-corrected chi connectivity index (χ2v) is 11.3. The van der Waals surface area contributed by atoms with Crippen LogP contribution in [0.5, 0.6) is 0 Å². The van der Waals surface area contributed by atoms with Crippen molar-refractivity contribution < 1.29 is 13.2 Å². The van der Waals surface area contributed by atoms with E-state index in [2.05, 4.69) is 4.99 Å². The number of benzene rings is 1. The number of thioether (sulfide) groups is 1. The number of aliphatic imine (C=N–C) groups is 1. The fraction of sp³-hybridized carbons (Fsp3) is 0.529. The Labute approximate surface area is 157 Å². The lowest BCUT2D eigenvalue weighted by Crippen LogP contribution is -2.37. The van der Waals surface area contributed by atoms with E-state index in [-0.39, 0.29) is 28.7 Å². The first-order valence-electron chi connectivity index (χ1n) is 8.06. The first kappa shape index (κ1) is 18.7. The van der Waals surface area contributed by atoms with Crippen LogP contribution in [0.2, 0.25) is 5.02 Å². The SMILES string of the molecule is CC(C)(C)C(=O)N=C1S[C@@H]2CS(=O)(=O)C[C@H]2N1Cc1ccc(Cl)cc1. The molecule has 1 aromatic rings. The molecule has 136 valence electrons. The number of amides is 1. The molecule has 2 aliphatic heterocycles. The smallest absolute Gasteiger partial charge is 0.253 e. The van der Waals surface area contributed by atoms with Crippen molar-refractivity contribution in [3.05, 3.63) is 34.9 Å². The summed E-state index contributed by atoms with van der Waals surface area (Å²) < 4.78 is 24.0. The minimum absolute atomic E-state index is 0.0659. The van der Waals surface area contributed by atoms with E-state index in [1.807, 2.05) is 37.8 Å². The number of fused-ring (bicyclic) bond motifs is 1. The van der Waals surface area contributed by atoms with Crippen LogP contribution in [0.15, 0.2) is 29.3 Å². The Kier molecular flexibility index (Phi) is 4.94. The Balaban J connectivity index is 1.91. The number of halogens is 1. The van der Waals surface area contributed by atoms with Crippen molar-refractivity contribution in [1.29, 1.82) is 0 Å². The van der Waals surface area contributed by atoms with Gasteiger partial charge < -0.3 is 4.90 Å². The van der Waals surface area contributed by atoms with Crippen LogP contribution in [0.25, 0.3) is 0 Å². The molecule has 2 heterocycles. The minimum atomic E-state index is -3.04. The van der Waals surface area contributed by atoms with Gasteiger partial charge >= 0.3 is 0 Å². The van der Waals surface area contributed by atoms with Crippen molar-refractivity contribution in [3.8, 4) is 0 Å². The zero-order valence-electron chi connectivity index (χ0n) is 14.4. The number of rotatable bonds is 2. The average Bonchev–Trinajstić information content (AvgIpc) is 2.93. The van der Waals surface area contributed by atoms with Gasteiger partial charge in [0.15, 0.2) is 15.0 Å². The summed E-state index contributed by atoms with van der Waals surface area (Å²) in [5, 5.41) is 1.21. The fourth-order valence-corrected chi connectivity index (χ4v) is 6.94. The lowest BCUT2D eigenvalue weighted by atomic mass is 9.96. The van der Waals surface area contributed by atoms with E-state index in [4.69, 9.17) is 11.6 Å². The number of amidine groups is 1. The molecule has 25 heavy (non-hydrogen) atoms. The summed E-state index contributed by atoms with van der Waals surface area (Å²) in [6.45, 7) is 5.99. The lowest BCUT2D eigenvalue weighted by molar-refractivity contribution is -0.124. The van der Waals surface area contributed by atoms with Crippen LogP contribution < -0.4 is 0 Å². The highest BCUT2D eigenvalue weighted by molar-refractivity contribution is 8.15. The molecule has 2 aliphatic rings. The predicted octanol–water partition coefficient (Wildman–Crippen LogP) is 2.98. The number of carbonyl (C=O) groups excluding carboxylic acids is 1. The summed E-state index contributed by atoms with van der Waals surface area (Å²) in [6.07, 6.45) is 0. The molecule has 2 fully saturated rings. The lowest BCUT2D eigenvalue weighted by Gasteiger charge is -2.25. The van der Waals surface area contributed by atoms with Gasteiger partial charge in [-0.1, -0.05) is 56.3 Å². The van der Waals surface area contributed by atoms with Gasteiger partial charge in [-0.05, 0) is 17.7 Å². The second kappa shape index (κ2) is 6.59. The summed E-state index contributed by atoms with van der Waals surface area (Å²) >= 11 is 7.35. The summed E-state index contributed by atoms with van der Waals surface area (Å²) in [4.78, 5) is 18.6. The fourth-order valence-electron chi connectivity index (χ4n) is 2.86. The summed E-state index contributed by atoms with van der Waals surface area (Å²) in [5.41, 5.74) is 0.439. The van der Waals surface area contributed by atoms with Gasteiger partial charge in [-0.2, -0.15) is 4.99 Å². The van der Waals surface area contributed by atoms with Crippen LogP contribution in [0.4, 0.5) is 0 Å². The summed E-state index contributed by atoms with van der Waals surface area (Å²) in [6, 6.07) is 7.29. The van der Waals surface area contributed by atoms with Gasteiger partial charge in [0.1, 0.15) is 0 Å². The molecular weight excluding hydrogens is 380 g/mol. The molecule has 1 aromatic carbocycles. The molecule has 0 bridgehead atoms. The highest BCUT2D eigenvalue weighted by Gasteiger charge is 2.48. The van der Waals surface area contributed by atoms with Gasteiger partial charge in [-0.15, -0.1) is 0 Å². The number of sulfone groups is 1. The van der Waals surface area contributed by atoms with Crippen LogP contribution >= 0.6 is 23.4 Å². The average molecular weight is 401 g/mol. The van der Waals surface area contributed by atoms with Gasteiger partial charge in [0.25, 0.3) is 5.91 Å². The minimum Gasteiger partial charge on any atom is -0.342 e. The van der Waals surface area contributed by atoms with E-state index in [0.717, 1.165) is 5.56 Å². The molecular formula is C17H21ClN2O3S2. The summed E-state index contributed by atoms with van der Waals surface area (Å²) in [5.74, 6) is 0.0577. The molecule has 2 atom stereocenters. The van der Waals surface area contributed by atoms with Crippen molar-refractivity contribution in [2.45, 2.75) is 38.6 Å². The molecule has 5 nitrogen and oxygen atoms in total. The van der Waals surface area contributed by atoms with Gasteiger partial charge in [-0.25, -0.2) is 8.42 Å². The maximum atomic E-state index is 12.3. The van der Waals surface area contributed by atoms with E-state index in [0.29, 0.717) is 16.7 Å². The predicted molar refractivity (Wildman–Crippen MR) is 103 cm³/mol. The third kappa shape index (κ3) is 4.20. The van der Waals surface area contributed by atoms with Crippen LogP contribution in [-0.2, 0) is 21.2 Å². The number of hydrogen-bond acceptors (Lipinski definition) is 4. The molecule has 0 aliphatic carbocycles. The van der Waals surface area contributed by atoms with Crippen molar-refractivity contribution in [2.24, 2.45) is 10.4 Å². The van der Waals surface area contributed by atoms with Gasteiger partial charge in [0.2, 0.25) is 0 Å². The van der Waals surface area contributed by atoms with Crippen LogP contribution in [-0.4, -0.2) is 47.2 Å². The second-order valence-electron chi connectivity index (χ2n) is 7.50. The monoisotopic (exact) mass is 400 g/mol. The molecule has 0 aromatic heterocycles. The highest BCUT2D eigenvalue weighted by atomic mass is 35.5. The molecule has 3 rings (SSSR count). The zero-order chi connectivity index (χ0) is 18.4. The quantitative estimate of drug-likeness (QED) is 0.763. The van der Waals surface area contributed by atoms with Crippen LogP contribution in [0.3, 0.4) is 0 Å². The topological polar surface area (TPSA) is 66.8 Å². The Hall–Kier alpha value is -1.05. The van der Waals surface area contributed by atoms with E-state index < -0.39 is 15.3 Å². The van der Waals surface area contributed by atoms with Gasteiger partial charge in [0.05, 0.1) is 17.5 Å². The zero-order valence-corrected chi connectivity index (χ0v) is 16.8. The largest absolute Gasteiger partial charge is 0.342 e. The molecule has 2 saturated heterocycles. The molecule has 0 N–H and O–H groups in total. The van der Waals surface area contributed by atoms with Crippen molar-refractivity contribution in [3.63, 3.8) is 0 Å². The normalized spacial score (nSPS) is 26.9. The van der Waals surface area contributed by atoms with E-state index >= 15 is 0 Å². The Morgan fingerprint density at radius 3 is 2.52 bits per heavy atom.